The van der Waals surface area contributed by atoms with E-state index in [2.05, 4.69) is 80.7 Å². The summed E-state index contributed by atoms with van der Waals surface area (Å²) in [4.78, 5) is 25.4. The topological polar surface area (TPSA) is 152 Å². The molecule has 6 atom stereocenters. The molecule has 0 spiro atoms. The summed E-state index contributed by atoms with van der Waals surface area (Å²) in [5.74, 6) is -0.923. The summed E-state index contributed by atoms with van der Waals surface area (Å²) in [6.45, 7) is 3.32. The number of carbonyl (C=O) groups is 2. The minimum absolute atomic E-state index is 0.156. The SMILES string of the molecule is CCCCC/C=C/C/C=C/C/C=C/C/C=C/CCCC(=O)OC[C@H](CO[C@@H]1O[C@H](CO)[C@H](O)C(O)C1O)OC(=O)CCC/C=C/CC/C=C/CCCCCCCCCCCCCCCC. The molecule has 0 amide bonds. The van der Waals surface area contributed by atoms with E-state index in [1.165, 1.54) is 109 Å². The van der Waals surface area contributed by atoms with Gasteiger partial charge in [0.15, 0.2) is 12.4 Å². The van der Waals surface area contributed by atoms with Crippen molar-refractivity contribution >= 4 is 11.9 Å². The molecule has 1 fully saturated rings. The molecule has 0 radical (unpaired) electrons. The van der Waals surface area contributed by atoms with E-state index in [1.54, 1.807) is 0 Å². The van der Waals surface area contributed by atoms with E-state index >= 15 is 0 Å². The average Bonchev–Trinajstić information content (AvgIpc) is 3.30. The summed E-state index contributed by atoms with van der Waals surface area (Å²) < 4.78 is 22.1. The first-order valence-electron chi connectivity index (χ1n) is 26.0. The summed E-state index contributed by atoms with van der Waals surface area (Å²) in [5.41, 5.74) is 0. The van der Waals surface area contributed by atoms with E-state index in [4.69, 9.17) is 18.9 Å². The summed E-state index contributed by atoms with van der Waals surface area (Å²) >= 11 is 0. The van der Waals surface area contributed by atoms with Crippen LogP contribution in [0.5, 0.6) is 0 Å². The lowest BCUT2D eigenvalue weighted by Gasteiger charge is -2.39. The number of carbonyl (C=O) groups excluding carboxylic acids is 2. The molecule has 10 heteroatoms. The van der Waals surface area contributed by atoms with Crippen molar-refractivity contribution in [2.45, 2.75) is 243 Å². The first kappa shape index (κ1) is 60.2. The van der Waals surface area contributed by atoms with Crippen LogP contribution in [0.15, 0.2) is 72.9 Å². The number of aliphatic hydroxyl groups excluding tert-OH is 4. The number of rotatable bonds is 43. The Morgan fingerprint density at radius 2 is 0.877 bits per heavy atom. The lowest BCUT2D eigenvalue weighted by Crippen LogP contribution is -2.59. The highest BCUT2D eigenvalue weighted by Crippen LogP contribution is 2.22. The van der Waals surface area contributed by atoms with Crippen LogP contribution in [0.4, 0.5) is 0 Å². The van der Waals surface area contributed by atoms with Crippen molar-refractivity contribution in [2.24, 2.45) is 0 Å². The van der Waals surface area contributed by atoms with Gasteiger partial charge in [-0.05, 0) is 83.5 Å². The fourth-order valence-electron chi connectivity index (χ4n) is 7.44. The zero-order chi connectivity index (χ0) is 47.3. The number of allylic oxidation sites excluding steroid dienone is 12. The summed E-state index contributed by atoms with van der Waals surface area (Å²) in [7, 11) is 0. The van der Waals surface area contributed by atoms with Crippen molar-refractivity contribution in [1.29, 1.82) is 0 Å². The molecule has 0 bridgehead atoms. The molecule has 0 aliphatic carbocycles. The highest BCUT2D eigenvalue weighted by Gasteiger charge is 2.44. The summed E-state index contributed by atoms with van der Waals surface area (Å²) in [6.07, 6.45) is 50.7. The predicted octanol–water partition coefficient (Wildman–Crippen LogP) is 12.3. The fourth-order valence-corrected chi connectivity index (χ4v) is 7.44. The number of esters is 2. The van der Waals surface area contributed by atoms with Crippen LogP contribution in [0.3, 0.4) is 0 Å². The standard InChI is InChI=1S/C55H94O10/c1-3-5-7-9-11-13-15-17-19-21-22-23-24-25-26-28-30-32-34-36-38-40-42-44-51(58)64-48(47-63-55-54(61)53(60)52(59)49(45-56)65-55)46-62-50(57)43-41-39-37-35-33-31-29-27-20-18-16-14-12-10-8-6-4-2/h12,14,18,20,28-31,35-38,48-49,52-56,59-61H,3-11,13,15-17,19,21-27,32-34,39-47H2,1-2H3/b14-12+,20-18+,30-28+,31-29+,37-35+,38-36+/t48-,49-,52+,53?,54?,55-/m1/s1. The minimum atomic E-state index is -1.61. The Kier molecular flexibility index (Phi) is 41.6. The molecule has 65 heavy (non-hydrogen) atoms. The zero-order valence-corrected chi connectivity index (χ0v) is 41.0. The third kappa shape index (κ3) is 35.9. The van der Waals surface area contributed by atoms with Gasteiger partial charge < -0.3 is 39.4 Å². The maximum atomic E-state index is 12.8. The van der Waals surface area contributed by atoms with Crippen molar-refractivity contribution in [2.75, 3.05) is 19.8 Å². The van der Waals surface area contributed by atoms with E-state index in [-0.39, 0.29) is 26.1 Å². The lowest BCUT2D eigenvalue weighted by atomic mass is 9.99. The van der Waals surface area contributed by atoms with Gasteiger partial charge in [-0.2, -0.15) is 0 Å². The first-order valence-corrected chi connectivity index (χ1v) is 26.0. The number of hydrogen-bond donors (Lipinski definition) is 4. The second kappa shape index (κ2) is 44.9. The molecule has 1 saturated heterocycles. The molecular weight excluding hydrogens is 821 g/mol. The Morgan fingerprint density at radius 1 is 0.477 bits per heavy atom. The van der Waals surface area contributed by atoms with E-state index in [9.17, 15) is 30.0 Å². The van der Waals surface area contributed by atoms with Gasteiger partial charge in [-0.1, -0.05) is 183 Å². The highest BCUT2D eigenvalue weighted by atomic mass is 16.7. The van der Waals surface area contributed by atoms with Crippen LogP contribution in [-0.4, -0.2) is 89.0 Å². The monoisotopic (exact) mass is 915 g/mol. The maximum absolute atomic E-state index is 12.8. The zero-order valence-electron chi connectivity index (χ0n) is 41.0. The van der Waals surface area contributed by atoms with Crippen LogP contribution in [0.25, 0.3) is 0 Å². The van der Waals surface area contributed by atoms with E-state index in [1.807, 2.05) is 6.08 Å². The molecule has 0 aromatic carbocycles. The van der Waals surface area contributed by atoms with Gasteiger partial charge in [0, 0.05) is 12.8 Å². The first-order chi connectivity index (χ1) is 31.8. The molecule has 1 rings (SSSR count). The third-order valence-corrected chi connectivity index (χ3v) is 11.5. The van der Waals surface area contributed by atoms with E-state index < -0.39 is 55.4 Å². The van der Waals surface area contributed by atoms with E-state index in [0.29, 0.717) is 12.8 Å². The quantitative estimate of drug-likeness (QED) is 0.0264. The van der Waals surface area contributed by atoms with Crippen molar-refractivity contribution < 1.29 is 49.0 Å². The van der Waals surface area contributed by atoms with Gasteiger partial charge in [0.05, 0.1) is 13.2 Å². The molecule has 374 valence electrons. The molecule has 0 aromatic heterocycles. The average molecular weight is 915 g/mol. The molecule has 0 aromatic rings. The van der Waals surface area contributed by atoms with Crippen molar-refractivity contribution in [3.8, 4) is 0 Å². The van der Waals surface area contributed by atoms with Crippen molar-refractivity contribution in [3.63, 3.8) is 0 Å². The van der Waals surface area contributed by atoms with Crippen LogP contribution >= 0.6 is 0 Å². The Morgan fingerprint density at radius 3 is 1.38 bits per heavy atom. The van der Waals surface area contributed by atoms with Crippen LogP contribution in [0.2, 0.25) is 0 Å². The molecule has 10 nitrogen and oxygen atoms in total. The Labute approximate surface area is 395 Å². The minimum Gasteiger partial charge on any atom is -0.462 e. The largest absolute Gasteiger partial charge is 0.462 e. The van der Waals surface area contributed by atoms with Gasteiger partial charge in [0.1, 0.15) is 31.0 Å². The molecule has 4 N–H and O–H groups in total. The van der Waals surface area contributed by atoms with Gasteiger partial charge >= 0.3 is 11.9 Å². The molecule has 1 aliphatic heterocycles. The number of ether oxygens (including phenoxy) is 4. The second-order valence-corrected chi connectivity index (χ2v) is 17.6. The Hall–Kier alpha value is -2.86. The van der Waals surface area contributed by atoms with E-state index in [0.717, 1.165) is 57.8 Å². The number of unbranched alkanes of at least 4 members (excludes halogenated alkanes) is 20. The van der Waals surface area contributed by atoms with Gasteiger partial charge in [-0.15, -0.1) is 0 Å². The van der Waals surface area contributed by atoms with Crippen LogP contribution in [-0.2, 0) is 28.5 Å². The van der Waals surface area contributed by atoms with Gasteiger partial charge in [-0.25, -0.2) is 0 Å². The molecule has 1 aliphatic rings. The molecule has 1 heterocycles. The summed E-state index contributed by atoms with van der Waals surface area (Å²) in [5, 5.41) is 40.2. The number of aliphatic hydroxyl groups is 4. The highest BCUT2D eigenvalue weighted by molar-refractivity contribution is 5.70. The van der Waals surface area contributed by atoms with Gasteiger partial charge in [-0.3, -0.25) is 9.59 Å². The van der Waals surface area contributed by atoms with Gasteiger partial charge in [0.2, 0.25) is 0 Å². The maximum Gasteiger partial charge on any atom is 0.306 e. The van der Waals surface area contributed by atoms with Crippen molar-refractivity contribution in [1.82, 2.24) is 0 Å². The molecular formula is C55H94O10. The second-order valence-electron chi connectivity index (χ2n) is 17.6. The smallest absolute Gasteiger partial charge is 0.306 e. The van der Waals surface area contributed by atoms with Crippen LogP contribution < -0.4 is 0 Å². The van der Waals surface area contributed by atoms with Crippen LogP contribution in [0, 0.1) is 0 Å². The number of hydrogen-bond acceptors (Lipinski definition) is 10. The Bertz CT molecular complexity index is 1290. The van der Waals surface area contributed by atoms with Crippen LogP contribution in [0.1, 0.15) is 206 Å². The molecule has 2 unspecified atom stereocenters. The third-order valence-electron chi connectivity index (χ3n) is 11.5. The van der Waals surface area contributed by atoms with Crippen molar-refractivity contribution in [3.05, 3.63) is 72.9 Å². The predicted molar refractivity (Wildman–Crippen MR) is 265 cm³/mol. The normalized spacial score (nSPS) is 19.9. The summed E-state index contributed by atoms with van der Waals surface area (Å²) in [6, 6.07) is 0. The molecule has 0 saturated carbocycles. The van der Waals surface area contributed by atoms with Gasteiger partial charge in [0.25, 0.3) is 0 Å². The lowest BCUT2D eigenvalue weighted by molar-refractivity contribution is -0.305. The Balaban J connectivity index is 2.32. The fraction of sp³-hybridized carbons (Fsp3) is 0.745.